The maximum absolute atomic E-state index is 12.8. The van der Waals surface area contributed by atoms with E-state index in [4.69, 9.17) is 10.4 Å². The molecule has 1 saturated heterocycles. The highest BCUT2D eigenvalue weighted by Gasteiger charge is 2.32. The summed E-state index contributed by atoms with van der Waals surface area (Å²) >= 11 is 1.30. The first-order valence-corrected chi connectivity index (χ1v) is 7.09. The maximum Gasteiger partial charge on any atom is 0.416 e. The number of alkyl halides is 3. The second-order valence-corrected chi connectivity index (χ2v) is 5.50. The first-order valence-electron chi connectivity index (χ1n) is 6.11. The van der Waals surface area contributed by atoms with E-state index >= 15 is 0 Å². The summed E-state index contributed by atoms with van der Waals surface area (Å²) < 4.78 is 38.3. The van der Waals surface area contributed by atoms with Gasteiger partial charge in [0.1, 0.15) is 0 Å². The van der Waals surface area contributed by atoms with E-state index in [-0.39, 0.29) is 17.7 Å². The average molecular weight is 329 g/mol. The predicted octanol–water partition coefficient (Wildman–Crippen LogP) is 2.79. The Hall–Kier alpha value is -2.21. The molecule has 1 fully saturated rings. The zero-order chi connectivity index (χ0) is 16.3. The van der Waals surface area contributed by atoms with Crippen LogP contribution in [0.15, 0.2) is 23.2 Å². The number of nitrogens with zero attached hydrogens (tertiary/aromatic N) is 3. The topological polar surface area (TPSA) is 76.7 Å². The highest BCUT2D eigenvalue weighted by molar-refractivity contribution is 8.14. The van der Waals surface area contributed by atoms with Crippen molar-refractivity contribution in [3.05, 3.63) is 34.9 Å². The number of carboxylic acid groups (broad SMARTS) is 1. The molecule has 0 atom stereocenters. The lowest BCUT2D eigenvalue weighted by Crippen LogP contribution is -2.25. The molecule has 5 nitrogen and oxygen atoms in total. The van der Waals surface area contributed by atoms with E-state index < -0.39 is 17.7 Å². The van der Waals surface area contributed by atoms with Crippen LogP contribution in [0.4, 0.5) is 13.2 Å². The number of rotatable bonds is 3. The van der Waals surface area contributed by atoms with Crippen LogP contribution in [-0.2, 0) is 12.7 Å². The Labute approximate surface area is 128 Å². The largest absolute Gasteiger partial charge is 0.478 e. The van der Waals surface area contributed by atoms with Crippen molar-refractivity contribution in [2.45, 2.75) is 12.7 Å². The van der Waals surface area contributed by atoms with Gasteiger partial charge in [-0.05, 0) is 23.8 Å². The zero-order valence-corrected chi connectivity index (χ0v) is 11.9. The number of hydrogen-bond acceptors (Lipinski definition) is 4. The molecular weight excluding hydrogens is 319 g/mol. The average Bonchev–Trinajstić information content (AvgIpc) is 2.85. The molecule has 0 saturated carbocycles. The first-order chi connectivity index (χ1) is 10.3. The van der Waals surface area contributed by atoms with E-state index in [0.29, 0.717) is 17.5 Å². The lowest BCUT2D eigenvalue weighted by atomic mass is 10.0. The van der Waals surface area contributed by atoms with Crippen LogP contribution in [0.3, 0.4) is 0 Å². The van der Waals surface area contributed by atoms with Crippen LogP contribution in [0.25, 0.3) is 0 Å². The van der Waals surface area contributed by atoms with Crippen LogP contribution >= 0.6 is 11.8 Å². The minimum Gasteiger partial charge on any atom is -0.478 e. The van der Waals surface area contributed by atoms with Crippen LogP contribution in [0, 0.1) is 11.5 Å². The number of carbonyl (C=O) groups is 1. The number of thioether (sulfide) groups is 1. The fraction of sp³-hybridized carbons (Fsp3) is 0.308. The number of hydrogen-bond donors (Lipinski definition) is 1. The molecule has 0 unspecified atom stereocenters. The monoisotopic (exact) mass is 329 g/mol. The van der Waals surface area contributed by atoms with Gasteiger partial charge in [-0.1, -0.05) is 11.8 Å². The van der Waals surface area contributed by atoms with Gasteiger partial charge in [0, 0.05) is 18.8 Å². The summed E-state index contributed by atoms with van der Waals surface area (Å²) in [5.74, 6) is -0.656. The van der Waals surface area contributed by atoms with Gasteiger partial charge in [-0.25, -0.2) is 4.79 Å². The minimum absolute atomic E-state index is 0.0375. The Morgan fingerprint density at radius 2 is 2.23 bits per heavy atom. The van der Waals surface area contributed by atoms with Crippen molar-refractivity contribution in [2.24, 2.45) is 4.99 Å². The van der Waals surface area contributed by atoms with Gasteiger partial charge in [0.2, 0.25) is 6.19 Å². The van der Waals surface area contributed by atoms with Gasteiger partial charge < -0.3 is 10.0 Å². The Kier molecular flexibility index (Phi) is 4.61. The standard InChI is InChI=1S/C13H10F3N3O2S/c14-13(15,16)9-1-2-10(11(20)21)8(5-9)6-19-3-4-22-12(19)18-7-17/h1-2,5H,3-4,6H2,(H,20,21). The van der Waals surface area contributed by atoms with Crippen molar-refractivity contribution < 1.29 is 23.1 Å². The Morgan fingerprint density at radius 1 is 1.50 bits per heavy atom. The Morgan fingerprint density at radius 3 is 2.82 bits per heavy atom. The van der Waals surface area contributed by atoms with Gasteiger partial charge in [-0.3, -0.25) is 0 Å². The summed E-state index contributed by atoms with van der Waals surface area (Å²) in [6.45, 7) is 0.444. The SMILES string of the molecule is N#CN=C1SCCN1Cc1cc(C(F)(F)F)ccc1C(=O)O. The van der Waals surface area contributed by atoms with Crippen LogP contribution in [-0.4, -0.2) is 33.4 Å². The fourth-order valence-corrected chi connectivity index (χ4v) is 2.98. The molecule has 22 heavy (non-hydrogen) atoms. The predicted molar refractivity (Wildman–Crippen MR) is 74.3 cm³/mol. The third-order valence-corrected chi connectivity index (χ3v) is 4.03. The Balaban J connectivity index is 2.38. The third-order valence-electron chi connectivity index (χ3n) is 3.03. The molecular formula is C13H10F3N3O2S. The lowest BCUT2D eigenvalue weighted by Gasteiger charge is -2.19. The van der Waals surface area contributed by atoms with Crippen molar-refractivity contribution in [3.63, 3.8) is 0 Å². The van der Waals surface area contributed by atoms with Crippen molar-refractivity contribution in [1.29, 1.82) is 5.26 Å². The van der Waals surface area contributed by atoms with Gasteiger partial charge in [0.15, 0.2) is 5.17 Å². The van der Waals surface area contributed by atoms with Gasteiger partial charge in [-0.2, -0.15) is 18.4 Å². The molecule has 1 N–H and O–H groups in total. The number of aliphatic imine (C=N–C) groups is 1. The molecule has 0 bridgehead atoms. The number of amidine groups is 1. The van der Waals surface area contributed by atoms with Crippen LogP contribution in [0.5, 0.6) is 0 Å². The number of carboxylic acids is 1. The highest BCUT2D eigenvalue weighted by atomic mass is 32.2. The molecule has 1 aliphatic rings. The molecule has 2 rings (SSSR count). The van der Waals surface area contributed by atoms with Crippen molar-refractivity contribution in [3.8, 4) is 6.19 Å². The molecule has 0 aliphatic carbocycles. The van der Waals surface area contributed by atoms with Gasteiger partial charge >= 0.3 is 12.1 Å². The van der Waals surface area contributed by atoms with Crippen LogP contribution in [0.2, 0.25) is 0 Å². The zero-order valence-electron chi connectivity index (χ0n) is 11.1. The van der Waals surface area contributed by atoms with E-state index in [1.807, 2.05) is 0 Å². The summed E-state index contributed by atoms with van der Waals surface area (Å²) in [7, 11) is 0. The minimum atomic E-state index is -4.55. The number of nitriles is 1. The third kappa shape index (κ3) is 3.51. The molecule has 1 aromatic rings. The summed E-state index contributed by atoms with van der Waals surface area (Å²) in [4.78, 5) is 16.4. The normalized spacial score (nSPS) is 16.8. The molecule has 9 heteroatoms. The number of aromatic carboxylic acids is 1. The smallest absolute Gasteiger partial charge is 0.416 e. The second-order valence-electron chi connectivity index (χ2n) is 4.44. The van der Waals surface area contributed by atoms with Crippen molar-refractivity contribution in [1.82, 2.24) is 4.90 Å². The summed E-state index contributed by atoms with van der Waals surface area (Å²) in [5, 5.41) is 18.1. The molecule has 0 amide bonds. The fourth-order valence-electron chi connectivity index (χ4n) is 2.04. The summed E-state index contributed by atoms with van der Waals surface area (Å²) in [6, 6.07) is 2.53. The summed E-state index contributed by atoms with van der Waals surface area (Å²) in [6.07, 6.45) is -2.92. The molecule has 0 spiro atoms. The molecule has 1 aliphatic heterocycles. The van der Waals surface area contributed by atoms with E-state index in [1.54, 1.807) is 11.1 Å². The van der Waals surface area contributed by atoms with Crippen molar-refractivity contribution in [2.75, 3.05) is 12.3 Å². The van der Waals surface area contributed by atoms with Gasteiger partial charge in [0.25, 0.3) is 0 Å². The summed E-state index contributed by atoms with van der Waals surface area (Å²) in [5.41, 5.74) is -1.06. The molecule has 0 aromatic heterocycles. The molecule has 1 aromatic carbocycles. The van der Waals surface area contributed by atoms with E-state index in [1.165, 1.54) is 11.8 Å². The lowest BCUT2D eigenvalue weighted by molar-refractivity contribution is -0.137. The molecule has 116 valence electrons. The van der Waals surface area contributed by atoms with E-state index in [9.17, 15) is 18.0 Å². The first kappa shape index (κ1) is 16.2. The van der Waals surface area contributed by atoms with Crippen molar-refractivity contribution >= 4 is 22.9 Å². The van der Waals surface area contributed by atoms with Crippen LogP contribution in [0.1, 0.15) is 21.5 Å². The maximum atomic E-state index is 12.8. The van der Waals surface area contributed by atoms with Gasteiger partial charge in [-0.15, -0.1) is 4.99 Å². The highest BCUT2D eigenvalue weighted by Crippen LogP contribution is 2.31. The van der Waals surface area contributed by atoms with E-state index in [2.05, 4.69) is 4.99 Å². The van der Waals surface area contributed by atoms with Crippen LogP contribution < -0.4 is 0 Å². The van der Waals surface area contributed by atoms with Gasteiger partial charge in [0.05, 0.1) is 11.1 Å². The number of benzene rings is 1. The van der Waals surface area contributed by atoms with E-state index in [0.717, 1.165) is 18.2 Å². The quantitative estimate of drug-likeness (QED) is 0.863. The Bertz CT molecular complexity index is 667. The second kappa shape index (κ2) is 6.27. The molecule has 1 heterocycles. The number of halogens is 3. The molecule has 0 radical (unpaired) electrons.